The lowest BCUT2D eigenvalue weighted by atomic mass is 10.1. The minimum Gasteiger partial charge on any atom is -0.358 e. The molecule has 0 saturated heterocycles. The summed E-state index contributed by atoms with van der Waals surface area (Å²) in [6.07, 6.45) is 0. The third-order valence-electron chi connectivity index (χ3n) is 3.80. The summed E-state index contributed by atoms with van der Waals surface area (Å²) in [5, 5.41) is 3.90. The molecule has 124 valence electrons. The first kappa shape index (κ1) is 17.1. The molecule has 1 heterocycles. The van der Waals surface area contributed by atoms with Crippen molar-refractivity contribution in [3.05, 3.63) is 35.0 Å². The van der Waals surface area contributed by atoms with Gasteiger partial charge in [-0.15, -0.1) is 0 Å². The van der Waals surface area contributed by atoms with Crippen LogP contribution in [-0.2, 0) is 4.79 Å². The maximum atomic E-state index is 12.5. The Balaban J connectivity index is 2.16. The highest BCUT2D eigenvalue weighted by Crippen LogP contribution is 2.22. The van der Waals surface area contributed by atoms with Gasteiger partial charge in [0.05, 0.1) is 6.54 Å². The van der Waals surface area contributed by atoms with Crippen LogP contribution in [0, 0.1) is 13.8 Å². The normalized spacial score (nSPS) is 11.6. The van der Waals surface area contributed by atoms with Gasteiger partial charge in [0.15, 0.2) is 0 Å². The molecule has 0 aliphatic carbocycles. The van der Waals surface area contributed by atoms with Crippen LogP contribution in [-0.4, -0.2) is 40.8 Å². The zero-order valence-corrected chi connectivity index (χ0v) is 14.7. The van der Waals surface area contributed by atoms with Gasteiger partial charge in [0.1, 0.15) is 0 Å². The SMILES string of the molecule is Cc1[nH]c2ccc(C(=O)N(C)CC(=O)NC(C)(C)C)cc2c1C. The molecule has 0 unspecified atom stereocenters. The molecular formula is C18H25N3O2. The highest BCUT2D eigenvalue weighted by atomic mass is 16.2. The molecular weight excluding hydrogens is 290 g/mol. The predicted molar refractivity (Wildman–Crippen MR) is 92.6 cm³/mol. The Morgan fingerprint density at radius 2 is 1.87 bits per heavy atom. The highest BCUT2D eigenvalue weighted by molar-refractivity contribution is 6.00. The quantitative estimate of drug-likeness (QED) is 0.914. The van der Waals surface area contributed by atoms with Gasteiger partial charge in [0.25, 0.3) is 5.91 Å². The predicted octanol–water partition coefficient (Wildman–Crippen LogP) is 2.77. The average Bonchev–Trinajstić information content (AvgIpc) is 2.70. The first-order chi connectivity index (χ1) is 10.6. The summed E-state index contributed by atoms with van der Waals surface area (Å²) in [6.45, 7) is 9.83. The Labute approximate surface area is 137 Å². The van der Waals surface area contributed by atoms with Crippen molar-refractivity contribution in [3.8, 4) is 0 Å². The van der Waals surface area contributed by atoms with E-state index in [2.05, 4.69) is 10.3 Å². The fraction of sp³-hybridized carbons (Fsp3) is 0.444. The molecule has 0 saturated carbocycles. The van der Waals surface area contributed by atoms with E-state index in [0.29, 0.717) is 5.56 Å². The minimum atomic E-state index is -0.306. The number of H-pyrrole nitrogens is 1. The number of rotatable bonds is 3. The summed E-state index contributed by atoms with van der Waals surface area (Å²) in [5.74, 6) is -0.322. The topological polar surface area (TPSA) is 65.2 Å². The Morgan fingerprint density at radius 1 is 1.22 bits per heavy atom. The van der Waals surface area contributed by atoms with Crippen molar-refractivity contribution in [2.45, 2.75) is 40.2 Å². The van der Waals surface area contributed by atoms with E-state index in [4.69, 9.17) is 0 Å². The summed E-state index contributed by atoms with van der Waals surface area (Å²) in [7, 11) is 1.64. The fourth-order valence-corrected chi connectivity index (χ4v) is 2.56. The van der Waals surface area contributed by atoms with Gasteiger partial charge in [-0.1, -0.05) is 0 Å². The van der Waals surface area contributed by atoms with E-state index in [-0.39, 0.29) is 23.9 Å². The van der Waals surface area contributed by atoms with Crippen molar-refractivity contribution in [2.75, 3.05) is 13.6 Å². The lowest BCUT2D eigenvalue weighted by Crippen LogP contribution is -2.46. The van der Waals surface area contributed by atoms with E-state index in [9.17, 15) is 9.59 Å². The van der Waals surface area contributed by atoms with Crippen LogP contribution in [0.15, 0.2) is 18.2 Å². The molecule has 5 heteroatoms. The van der Waals surface area contributed by atoms with Gasteiger partial charge < -0.3 is 15.2 Å². The zero-order valence-electron chi connectivity index (χ0n) is 14.7. The second-order valence-electron chi connectivity index (χ2n) is 7.09. The van der Waals surface area contributed by atoms with Crippen LogP contribution in [0.25, 0.3) is 10.9 Å². The zero-order chi connectivity index (χ0) is 17.4. The number of aryl methyl sites for hydroxylation is 2. The van der Waals surface area contributed by atoms with Crippen LogP contribution in [0.2, 0.25) is 0 Å². The molecule has 1 aromatic heterocycles. The molecule has 1 aromatic carbocycles. The molecule has 2 rings (SSSR count). The number of carbonyl (C=O) groups excluding carboxylic acids is 2. The molecule has 0 aliphatic heterocycles. The number of aromatic nitrogens is 1. The minimum absolute atomic E-state index is 0.0410. The van der Waals surface area contributed by atoms with Gasteiger partial charge in [-0.2, -0.15) is 0 Å². The molecule has 0 bridgehead atoms. The number of nitrogens with one attached hydrogen (secondary N) is 2. The molecule has 0 aliphatic rings. The largest absolute Gasteiger partial charge is 0.358 e. The Bertz CT molecular complexity index is 753. The van der Waals surface area contributed by atoms with Gasteiger partial charge in [-0.3, -0.25) is 9.59 Å². The molecule has 2 amide bonds. The average molecular weight is 315 g/mol. The lowest BCUT2D eigenvalue weighted by Gasteiger charge is -2.23. The van der Waals surface area contributed by atoms with Crippen LogP contribution >= 0.6 is 0 Å². The van der Waals surface area contributed by atoms with E-state index < -0.39 is 0 Å². The van der Waals surface area contributed by atoms with Gasteiger partial charge in [0, 0.05) is 34.7 Å². The molecule has 5 nitrogen and oxygen atoms in total. The van der Waals surface area contributed by atoms with Crippen molar-refractivity contribution in [1.82, 2.24) is 15.2 Å². The van der Waals surface area contributed by atoms with Crippen LogP contribution in [0.1, 0.15) is 42.4 Å². The van der Waals surface area contributed by atoms with E-state index >= 15 is 0 Å². The number of hydrogen-bond donors (Lipinski definition) is 2. The molecule has 2 aromatic rings. The van der Waals surface area contributed by atoms with Gasteiger partial charge in [-0.05, 0) is 58.4 Å². The maximum absolute atomic E-state index is 12.5. The van der Waals surface area contributed by atoms with Gasteiger partial charge >= 0.3 is 0 Å². The van der Waals surface area contributed by atoms with Crippen molar-refractivity contribution in [1.29, 1.82) is 0 Å². The van der Waals surface area contributed by atoms with Crippen molar-refractivity contribution >= 4 is 22.7 Å². The summed E-state index contributed by atoms with van der Waals surface area (Å²) in [4.78, 5) is 29.2. The number of fused-ring (bicyclic) bond motifs is 1. The Hall–Kier alpha value is -2.30. The molecule has 23 heavy (non-hydrogen) atoms. The lowest BCUT2D eigenvalue weighted by molar-refractivity contribution is -0.122. The van der Waals surface area contributed by atoms with Crippen LogP contribution in [0.3, 0.4) is 0 Å². The second-order valence-corrected chi connectivity index (χ2v) is 7.09. The van der Waals surface area contributed by atoms with Gasteiger partial charge in [0.2, 0.25) is 5.91 Å². The first-order valence-electron chi connectivity index (χ1n) is 7.74. The summed E-state index contributed by atoms with van der Waals surface area (Å²) >= 11 is 0. The first-order valence-corrected chi connectivity index (χ1v) is 7.74. The van der Waals surface area contributed by atoms with E-state index in [1.54, 1.807) is 13.1 Å². The van der Waals surface area contributed by atoms with Crippen LogP contribution < -0.4 is 5.32 Å². The van der Waals surface area contributed by atoms with Crippen molar-refractivity contribution in [3.63, 3.8) is 0 Å². The molecule has 0 radical (unpaired) electrons. The number of aromatic amines is 1. The third-order valence-corrected chi connectivity index (χ3v) is 3.80. The molecule has 0 spiro atoms. The third kappa shape index (κ3) is 3.92. The van der Waals surface area contributed by atoms with E-state index in [1.165, 1.54) is 4.90 Å². The summed E-state index contributed by atoms with van der Waals surface area (Å²) < 4.78 is 0. The monoisotopic (exact) mass is 315 g/mol. The number of carbonyl (C=O) groups is 2. The Kier molecular flexibility index (Phi) is 4.50. The summed E-state index contributed by atoms with van der Waals surface area (Å²) in [6, 6.07) is 5.58. The molecule has 0 atom stereocenters. The second kappa shape index (κ2) is 6.07. The number of hydrogen-bond acceptors (Lipinski definition) is 2. The highest BCUT2D eigenvalue weighted by Gasteiger charge is 2.19. The fourth-order valence-electron chi connectivity index (χ4n) is 2.56. The van der Waals surface area contributed by atoms with Crippen molar-refractivity contribution in [2.24, 2.45) is 0 Å². The van der Waals surface area contributed by atoms with Gasteiger partial charge in [-0.25, -0.2) is 0 Å². The van der Waals surface area contributed by atoms with Crippen LogP contribution in [0.4, 0.5) is 0 Å². The maximum Gasteiger partial charge on any atom is 0.254 e. The number of likely N-dealkylation sites (N-methyl/N-ethyl adjacent to an activating group) is 1. The number of benzene rings is 1. The molecule has 2 N–H and O–H groups in total. The smallest absolute Gasteiger partial charge is 0.254 e. The number of amides is 2. The summed E-state index contributed by atoms with van der Waals surface area (Å²) in [5.41, 5.74) is 3.54. The van der Waals surface area contributed by atoms with E-state index in [0.717, 1.165) is 22.2 Å². The molecule has 0 fully saturated rings. The van der Waals surface area contributed by atoms with Crippen molar-refractivity contribution < 1.29 is 9.59 Å². The van der Waals surface area contributed by atoms with E-state index in [1.807, 2.05) is 46.8 Å². The Morgan fingerprint density at radius 3 is 2.48 bits per heavy atom. The number of nitrogens with zero attached hydrogens (tertiary/aromatic N) is 1. The van der Waals surface area contributed by atoms with Crippen LogP contribution in [0.5, 0.6) is 0 Å². The standard InChI is InChI=1S/C18H25N3O2/c1-11-12(2)19-15-8-7-13(9-14(11)15)17(23)21(6)10-16(22)20-18(3,4)5/h7-9,19H,10H2,1-6H3,(H,20,22).